The van der Waals surface area contributed by atoms with E-state index in [-0.39, 0.29) is 12.5 Å². The number of terminal acetylenes is 1. The van der Waals surface area contributed by atoms with Gasteiger partial charge in [0.25, 0.3) is 5.91 Å². The van der Waals surface area contributed by atoms with Gasteiger partial charge in [0.1, 0.15) is 23.8 Å². The molecule has 0 unspecified atom stereocenters. The molecule has 2 heterocycles. The molecular weight excluding hydrogens is 324 g/mol. The molecule has 0 atom stereocenters. The van der Waals surface area contributed by atoms with Crippen molar-refractivity contribution in [1.82, 2.24) is 10.2 Å². The summed E-state index contributed by atoms with van der Waals surface area (Å²) >= 11 is 5.23. The van der Waals surface area contributed by atoms with Crippen molar-refractivity contribution in [2.24, 2.45) is 0 Å². The Hall–Kier alpha value is -3.04. The smallest absolute Gasteiger partial charge is 0.276 e. The molecule has 120 valence electrons. The van der Waals surface area contributed by atoms with Crippen LogP contribution in [-0.4, -0.2) is 22.5 Å². The first-order valence-electron chi connectivity index (χ1n) is 7.20. The maximum Gasteiger partial charge on any atom is 0.276 e. The number of carbonyl (C=O) groups is 1. The van der Waals surface area contributed by atoms with Crippen molar-refractivity contribution in [3.05, 3.63) is 59.7 Å². The Kier molecular flexibility index (Phi) is 4.64. The monoisotopic (exact) mass is 338 g/mol. The van der Waals surface area contributed by atoms with Gasteiger partial charge in [-0.2, -0.15) is 0 Å². The summed E-state index contributed by atoms with van der Waals surface area (Å²) in [6.45, 7) is 0.518. The molecule has 1 aromatic heterocycles. The molecule has 6 heteroatoms. The van der Waals surface area contributed by atoms with Crippen LogP contribution in [0.5, 0.6) is 5.75 Å². The predicted molar refractivity (Wildman–Crippen MR) is 93.7 cm³/mol. The Bertz CT molecular complexity index is 817. The van der Waals surface area contributed by atoms with Crippen molar-refractivity contribution in [1.29, 1.82) is 0 Å². The van der Waals surface area contributed by atoms with E-state index in [4.69, 9.17) is 27.8 Å². The number of nitrogens with zero attached hydrogens (tertiary/aromatic N) is 1. The molecule has 1 fully saturated rings. The highest BCUT2D eigenvalue weighted by atomic mass is 32.1. The topological polar surface area (TPSA) is 54.7 Å². The van der Waals surface area contributed by atoms with E-state index in [0.717, 1.165) is 5.56 Å². The lowest BCUT2D eigenvalue weighted by Crippen LogP contribution is -2.29. The summed E-state index contributed by atoms with van der Waals surface area (Å²) in [4.78, 5) is 13.9. The molecule has 1 saturated heterocycles. The van der Waals surface area contributed by atoms with Gasteiger partial charge in [0, 0.05) is 0 Å². The first-order chi connectivity index (χ1) is 11.7. The molecule has 3 rings (SSSR count). The zero-order chi connectivity index (χ0) is 16.9. The number of benzene rings is 1. The molecule has 1 aromatic carbocycles. The average Bonchev–Trinajstić information content (AvgIpc) is 3.19. The quantitative estimate of drug-likeness (QED) is 0.516. The van der Waals surface area contributed by atoms with Crippen LogP contribution in [0.4, 0.5) is 0 Å². The second-order valence-electron chi connectivity index (χ2n) is 5.02. The summed E-state index contributed by atoms with van der Waals surface area (Å²) < 4.78 is 10.6. The van der Waals surface area contributed by atoms with Crippen LogP contribution >= 0.6 is 12.2 Å². The van der Waals surface area contributed by atoms with Crippen LogP contribution in [0.3, 0.4) is 0 Å². The molecule has 1 aliphatic heterocycles. The van der Waals surface area contributed by atoms with Crippen LogP contribution in [0.25, 0.3) is 6.08 Å². The van der Waals surface area contributed by atoms with Crippen molar-refractivity contribution in [3.8, 4) is 18.1 Å². The number of thiocarbonyl (C=S) groups is 1. The first kappa shape index (κ1) is 15.8. The van der Waals surface area contributed by atoms with E-state index in [9.17, 15) is 4.79 Å². The van der Waals surface area contributed by atoms with E-state index in [2.05, 4.69) is 11.2 Å². The van der Waals surface area contributed by atoms with E-state index in [1.807, 2.05) is 12.1 Å². The third-order valence-corrected chi connectivity index (χ3v) is 3.69. The molecule has 24 heavy (non-hydrogen) atoms. The number of nitrogens with one attached hydrogen (secondary N) is 1. The first-order valence-corrected chi connectivity index (χ1v) is 7.61. The number of rotatable bonds is 5. The Labute approximate surface area is 144 Å². The van der Waals surface area contributed by atoms with Crippen LogP contribution in [0.1, 0.15) is 11.3 Å². The van der Waals surface area contributed by atoms with Crippen LogP contribution in [0.2, 0.25) is 0 Å². The molecule has 0 bridgehead atoms. The number of amides is 1. The van der Waals surface area contributed by atoms with Crippen molar-refractivity contribution in [2.45, 2.75) is 6.54 Å². The van der Waals surface area contributed by atoms with Gasteiger partial charge < -0.3 is 14.5 Å². The van der Waals surface area contributed by atoms with Gasteiger partial charge in [0.2, 0.25) is 0 Å². The van der Waals surface area contributed by atoms with Crippen LogP contribution in [0, 0.1) is 12.3 Å². The van der Waals surface area contributed by atoms with Crippen LogP contribution in [-0.2, 0) is 11.3 Å². The normalized spacial score (nSPS) is 15.5. The lowest BCUT2D eigenvalue weighted by Gasteiger charge is -2.11. The van der Waals surface area contributed by atoms with Gasteiger partial charge in [-0.05, 0) is 48.1 Å². The summed E-state index contributed by atoms with van der Waals surface area (Å²) in [5.74, 6) is 3.56. The molecule has 0 saturated carbocycles. The second-order valence-corrected chi connectivity index (χ2v) is 5.41. The van der Waals surface area contributed by atoms with Gasteiger partial charge in [-0.15, -0.1) is 6.42 Å². The van der Waals surface area contributed by atoms with Crippen LogP contribution < -0.4 is 10.1 Å². The van der Waals surface area contributed by atoms with Crippen molar-refractivity contribution in [2.75, 3.05) is 6.61 Å². The summed E-state index contributed by atoms with van der Waals surface area (Å²) in [5.41, 5.74) is 1.27. The molecule has 5 nitrogen and oxygen atoms in total. The minimum Gasteiger partial charge on any atom is -0.481 e. The fourth-order valence-corrected chi connectivity index (χ4v) is 2.48. The highest BCUT2D eigenvalue weighted by molar-refractivity contribution is 7.80. The molecule has 1 amide bonds. The number of hydrogen-bond donors (Lipinski definition) is 1. The van der Waals surface area contributed by atoms with E-state index in [1.54, 1.807) is 36.6 Å². The largest absolute Gasteiger partial charge is 0.481 e. The van der Waals surface area contributed by atoms with Crippen molar-refractivity contribution >= 4 is 29.3 Å². The van der Waals surface area contributed by atoms with Gasteiger partial charge >= 0.3 is 0 Å². The van der Waals surface area contributed by atoms with Crippen molar-refractivity contribution < 1.29 is 13.9 Å². The highest BCUT2D eigenvalue weighted by Gasteiger charge is 2.31. The molecule has 2 aromatic rings. The summed E-state index contributed by atoms with van der Waals surface area (Å²) in [7, 11) is 0. The zero-order valence-corrected chi connectivity index (χ0v) is 13.5. The van der Waals surface area contributed by atoms with Gasteiger partial charge in [0.15, 0.2) is 5.11 Å². The van der Waals surface area contributed by atoms with Gasteiger partial charge in [-0.3, -0.25) is 9.69 Å². The summed E-state index contributed by atoms with van der Waals surface area (Å²) in [6, 6.07) is 10.8. The van der Waals surface area contributed by atoms with E-state index in [1.165, 1.54) is 4.90 Å². The van der Waals surface area contributed by atoms with E-state index in [0.29, 0.717) is 28.9 Å². The van der Waals surface area contributed by atoms with Gasteiger partial charge in [0.05, 0.1) is 12.8 Å². The molecule has 0 aliphatic carbocycles. The third-order valence-electron chi connectivity index (χ3n) is 3.37. The SMILES string of the molecule is C#CCOc1ccc(/C=C2\NC(=S)N(Cc3ccco3)C2=O)cc1. The Balaban J connectivity index is 1.72. The molecule has 0 spiro atoms. The van der Waals surface area contributed by atoms with Gasteiger partial charge in [-0.1, -0.05) is 18.1 Å². The maximum atomic E-state index is 12.5. The Morgan fingerprint density at radius 2 is 2.12 bits per heavy atom. The molecule has 0 radical (unpaired) electrons. The van der Waals surface area contributed by atoms with E-state index < -0.39 is 0 Å². The highest BCUT2D eigenvalue weighted by Crippen LogP contribution is 2.19. The number of carbonyl (C=O) groups excluding carboxylic acids is 1. The maximum absolute atomic E-state index is 12.5. The summed E-state index contributed by atoms with van der Waals surface area (Å²) in [5, 5.41) is 3.29. The zero-order valence-electron chi connectivity index (χ0n) is 12.7. The Morgan fingerprint density at radius 3 is 2.79 bits per heavy atom. The molecule has 1 aliphatic rings. The predicted octanol–water partition coefficient (Wildman–Crippen LogP) is 2.55. The third kappa shape index (κ3) is 3.47. The second kappa shape index (κ2) is 7.02. The number of ether oxygens (including phenoxy) is 1. The average molecular weight is 338 g/mol. The number of hydrogen-bond acceptors (Lipinski definition) is 4. The van der Waals surface area contributed by atoms with Crippen LogP contribution in [0.15, 0.2) is 52.8 Å². The summed E-state index contributed by atoms with van der Waals surface area (Å²) in [6.07, 6.45) is 8.45. The lowest BCUT2D eigenvalue weighted by atomic mass is 10.2. The minimum absolute atomic E-state index is 0.191. The van der Waals surface area contributed by atoms with E-state index >= 15 is 0 Å². The minimum atomic E-state index is -0.191. The fraction of sp³-hybridized carbons (Fsp3) is 0.111. The van der Waals surface area contributed by atoms with Crippen molar-refractivity contribution in [3.63, 3.8) is 0 Å². The molecule has 1 N–H and O–H groups in total. The lowest BCUT2D eigenvalue weighted by molar-refractivity contribution is -0.122. The Morgan fingerprint density at radius 1 is 1.33 bits per heavy atom. The van der Waals surface area contributed by atoms with Gasteiger partial charge in [-0.25, -0.2) is 0 Å². The standard InChI is InChI=1S/C18H14N2O3S/c1-2-9-22-14-7-5-13(6-8-14)11-16-17(21)20(18(24)19-16)12-15-4-3-10-23-15/h1,3-8,10-11H,9,12H2,(H,19,24)/b16-11-. The number of furan rings is 1. The molecular formula is C18H14N2O3S. The fourth-order valence-electron chi connectivity index (χ4n) is 2.23.